The van der Waals surface area contributed by atoms with Crippen LogP contribution in [0.1, 0.15) is 46.1 Å². The molecule has 1 unspecified atom stereocenters. The predicted molar refractivity (Wildman–Crippen MR) is 123 cm³/mol. The molecule has 1 aliphatic rings. The quantitative estimate of drug-likeness (QED) is 0.660. The van der Waals surface area contributed by atoms with Crippen molar-refractivity contribution >= 4 is 11.7 Å². The third-order valence-electron chi connectivity index (χ3n) is 5.65. The summed E-state index contributed by atoms with van der Waals surface area (Å²) in [6, 6.07) is 12.3. The van der Waals surface area contributed by atoms with Crippen molar-refractivity contribution in [3.63, 3.8) is 0 Å². The molecule has 0 radical (unpaired) electrons. The molecule has 1 aromatic heterocycles. The number of aromatic nitrogens is 2. The van der Waals surface area contributed by atoms with Gasteiger partial charge in [-0.05, 0) is 49.3 Å². The first-order valence-corrected chi connectivity index (χ1v) is 11.3. The summed E-state index contributed by atoms with van der Waals surface area (Å²) in [5.41, 5.74) is 3.20. The Hall–Kier alpha value is -2.43. The molecule has 0 saturated carbocycles. The third-order valence-corrected chi connectivity index (χ3v) is 5.65. The Bertz CT molecular complexity index is 821. The molecule has 2 heterocycles. The Morgan fingerprint density at radius 2 is 1.77 bits per heavy atom. The van der Waals surface area contributed by atoms with E-state index < -0.39 is 0 Å². The van der Waals surface area contributed by atoms with Crippen molar-refractivity contribution in [2.45, 2.75) is 47.5 Å². The SMILES string of the molecule is Cc1ccccc1-c1ccc(N2CCCC(C(=O)N(CC(C)C)CC(C)C)C2)nn1. The van der Waals surface area contributed by atoms with Gasteiger partial charge in [-0.15, -0.1) is 10.2 Å². The molecule has 1 aromatic carbocycles. The molecule has 162 valence electrons. The summed E-state index contributed by atoms with van der Waals surface area (Å²) in [6.07, 6.45) is 1.96. The van der Waals surface area contributed by atoms with Crippen LogP contribution in [0.4, 0.5) is 5.82 Å². The summed E-state index contributed by atoms with van der Waals surface area (Å²) in [4.78, 5) is 17.6. The van der Waals surface area contributed by atoms with E-state index in [0.717, 1.165) is 56.1 Å². The van der Waals surface area contributed by atoms with E-state index in [1.807, 2.05) is 24.3 Å². The summed E-state index contributed by atoms with van der Waals surface area (Å²) in [7, 11) is 0. The van der Waals surface area contributed by atoms with Crippen molar-refractivity contribution in [3.05, 3.63) is 42.0 Å². The van der Waals surface area contributed by atoms with Gasteiger partial charge in [0.15, 0.2) is 5.82 Å². The molecule has 1 aliphatic heterocycles. The van der Waals surface area contributed by atoms with Gasteiger partial charge in [0.25, 0.3) is 0 Å². The number of hydrogen-bond acceptors (Lipinski definition) is 4. The van der Waals surface area contributed by atoms with Crippen LogP contribution >= 0.6 is 0 Å². The minimum atomic E-state index is 0.0362. The molecule has 5 nitrogen and oxygen atoms in total. The number of carbonyl (C=O) groups excluding carboxylic acids is 1. The minimum Gasteiger partial charge on any atom is -0.354 e. The van der Waals surface area contributed by atoms with Gasteiger partial charge in [-0.3, -0.25) is 4.79 Å². The lowest BCUT2D eigenvalue weighted by Gasteiger charge is -2.36. The van der Waals surface area contributed by atoms with Crippen LogP contribution in [0.15, 0.2) is 36.4 Å². The Balaban J connectivity index is 1.71. The fourth-order valence-electron chi connectivity index (χ4n) is 4.28. The van der Waals surface area contributed by atoms with Crippen molar-refractivity contribution < 1.29 is 4.79 Å². The van der Waals surface area contributed by atoms with Gasteiger partial charge < -0.3 is 9.80 Å². The summed E-state index contributed by atoms with van der Waals surface area (Å²) in [5.74, 6) is 2.16. The minimum absolute atomic E-state index is 0.0362. The average molecular weight is 409 g/mol. The van der Waals surface area contributed by atoms with Crippen molar-refractivity contribution in [2.75, 3.05) is 31.1 Å². The molecule has 5 heteroatoms. The predicted octanol–water partition coefficient (Wildman–Crippen LogP) is 4.81. The lowest BCUT2D eigenvalue weighted by Crippen LogP contribution is -2.47. The third kappa shape index (κ3) is 5.59. The van der Waals surface area contributed by atoms with Gasteiger partial charge in [0.2, 0.25) is 5.91 Å². The molecule has 30 heavy (non-hydrogen) atoms. The molecule has 0 aliphatic carbocycles. The molecule has 3 rings (SSSR count). The highest BCUT2D eigenvalue weighted by atomic mass is 16.2. The van der Waals surface area contributed by atoms with Crippen LogP contribution in [-0.4, -0.2) is 47.2 Å². The summed E-state index contributed by atoms with van der Waals surface area (Å²) in [6.45, 7) is 14.1. The number of hydrogen-bond donors (Lipinski definition) is 0. The van der Waals surface area contributed by atoms with Gasteiger partial charge in [-0.25, -0.2) is 0 Å². The highest BCUT2D eigenvalue weighted by Gasteiger charge is 2.30. The fraction of sp³-hybridized carbons (Fsp3) is 0.560. The van der Waals surface area contributed by atoms with E-state index in [4.69, 9.17) is 0 Å². The Kier molecular flexibility index (Phi) is 7.46. The molecular formula is C25H36N4O. The molecule has 0 bridgehead atoms. The average Bonchev–Trinajstić information content (AvgIpc) is 2.73. The van der Waals surface area contributed by atoms with E-state index in [0.29, 0.717) is 17.7 Å². The zero-order valence-corrected chi connectivity index (χ0v) is 19.1. The van der Waals surface area contributed by atoms with E-state index >= 15 is 0 Å². The largest absolute Gasteiger partial charge is 0.354 e. The van der Waals surface area contributed by atoms with Crippen molar-refractivity contribution in [1.82, 2.24) is 15.1 Å². The number of piperidine rings is 1. The van der Waals surface area contributed by atoms with Crippen LogP contribution in [0.5, 0.6) is 0 Å². The molecule has 0 N–H and O–H groups in total. The number of rotatable bonds is 7. The van der Waals surface area contributed by atoms with Crippen LogP contribution in [0.25, 0.3) is 11.3 Å². The Morgan fingerprint density at radius 1 is 1.07 bits per heavy atom. The summed E-state index contributed by atoms with van der Waals surface area (Å²) < 4.78 is 0. The van der Waals surface area contributed by atoms with Gasteiger partial charge in [0.1, 0.15) is 0 Å². The summed E-state index contributed by atoms with van der Waals surface area (Å²) in [5, 5.41) is 8.99. The van der Waals surface area contributed by atoms with Crippen LogP contribution < -0.4 is 4.90 Å². The maximum absolute atomic E-state index is 13.3. The number of amides is 1. The first-order valence-electron chi connectivity index (χ1n) is 11.3. The van der Waals surface area contributed by atoms with Gasteiger partial charge in [0, 0.05) is 31.7 Å². The number of benzene rings is 1. The van der Waals surface area contributed by atoms with Crippen LogP contribution in [0.2, 0.25) is 0 Å². The van der Waals surface area contributed by atoms with E-state index in [2.05, 4.69) is 66.7 Å². The molecule has 0 spiro atoms. The first-order chi connectivity index (χ1) is 14.3. The van der Waals surface area contributed by atoms with E-state index in [9.17, 15) is 4.79 Å². The van der Waals surface area contributed by atoms with Gasteiger partial charge >= 0.3 is 0 Å². The highest BCUT2D eigenvalue weighted by molar-refractivity contribution is 5.79. The molecule has 1 amide bonds. The van der Waals surface area contributed by atoms with E-state index in [1.165, 1.54) is 5.56 Å². The zero-order valence-electron chi connectivity index (χ0n) is 19.1. The zero-order chi connectivity index (χ0) is 21.7. The Labute approximate surface area is 181 Å². The van der Waals surface area contributed by atoms with Crippen LogP contribution in [0.3, 0.4) is 0 Å². The smallest absolute Gasteiger partial charge is 0.227 e. The first kappa shape index (κ1) is 22.3. The highest BCUT2D eigenvalue weighted by Crippen LogP contribution is 2.26. The van der Waals surface area contributed by atoms with Gasteiger partial charge in [-0.1, -0.05) is 52.0 Å². The molecule has 1 saturated heterocycles. The summed E-state index contributed by atoms with van der Waals surface area (Å²) >= 11 is 0. The maximum atomic E-state index is 13.3. The molecule has 2 aromatic rings. The normalized spacial score (nSPS) is 16.9. The molecular weight excluding hydrogens is 372 g/mol. The van der Waals surface area contributed by atoms with Crippen molar-refractivity contribution in [1.29, 1.82) is 0 Å². The van der Waals surface area contributed by atoms with E-state index in [-0.39, 0.29) is 5.92 Å². The number of carbonyl (C=O) groups is 1. The fourth-order valence-corrected chi connectivity index (χ4v) is 4.28. The Morgan fingerprint density at radius 3 is 2.37 bits per heavy atom. The lowest BCUT2D eigenvalue weighted by molar-refractivity contribution is -0.136. The van der Waals surface area contributed by atoms with Gasteiger partial charge in [0.05, 0.1) is 11.6 Å². The number of aryl methyl sites for hydroxylation is 1. The maximum Gasteiger partial charge on any atom is 0.227 e. The second-order valence-electron chi connectivity index (χ2n) is 9.41. The number of anilines is 1. The standard InChI is InChI=1S/C25H36N4O/c1-18(2)15-29(16-19(3)4)25(30)21-10-8-14-28(17-21)24-13-12-23(26-27-24)22-11-7-6-9-20(22)5/h6-7,9,11-13,18-19,21H,8,10,14-17H2,1-5H3. The molecule has 1 atom stereocenters. The second kappa shape index (κ2) is 10.1. The van der Waals surface area contributed by atoms with Crippen LogP contribution in [-0.2, 0) is 4.79 Å². The van der Waals surface area contributed by atoms with E-state index in [1.54, 1.807) is 0 Å². The monoisotopic (exact) mass is 408 g/mol. The van der Waals surface area contributed by atoms with Crippen molar-refractivity contribution in [2.24, 2.45) is 17.8 Å². The van der Waals surface area contributed by atoms with Crippen LogP contribution in [0, 0.1) is 24.7 Å². The van der Waals surface area contributed by atoms with Gasteiger partial charge in [-0.2, -0.15) is 0 Å². The topological polar surface area (TPSA) is 49.3 Å². The lowest BCUT2D eigenvalue weighted by atomic mass is 9.95. The number of nitrogens with zero attached hydrogens (tertiary/aromatic N) is 4. The van der Waals surface area contributed by atoms with Crippen molar-refractivity contribution in [3.8, 4) is 11.3 Å². The second-order valence-corrected chi connectivity index (χ2v) is 9.41. The molecule has 1 fully saturated rings.